The molecule has 1 heterocycles. The van der Waals surface area contributed by atoms with Crippen LogP contribution in [0.25, 0.3) is 0 Å². The number of aromatic nitrogens is 1. The Kier molecular flexibility index (Phi) is 4.83. The Morgan fingerprint density at radius 3 is 2.57 bits per heavy atom. The minimum Gasteiger partial charge on any atom is -0.396 e. The Morgan fingerprint density at radius 2 is 2.10 bits per heavy atom. The third kappa shape index (κ3) is 3.35. The fraction of sp³-hybridized carbons (Fsp3) is 0.625. The van der Waals surface area contributed by atoms with Crippen LogP contribution in [0.15, 0.2) is 0 Å². The topological polar surface area (TPSA) is 82.2 Å². The highest BCUT2D eigenvalue weighted by atomic mass is 16.3. The molecule has 5 heteroatoms. The first kappa shape index (κ1) is 15.8. The van der Waals surface area contributed by atoms with E-state index in [1.807, 2.05) is 13.8 Å². The van der Waals surface area contributed by atoms with Crippen LogP contribution in [0.2, 0.25) is 0 Å². The number of hydrogen-bond acceptors (Lipinski definition) is 3. The number of nitrogens with one attached hydrogen (secondary N) is 2. The first-order chi connectivity index (χ1) is 9.99. The van der Waals surface area contributed by atoms with Crippen LogP contribution in [-0.4, -0.2) is 34.4 Å². The summed E-state index contributed by atoms with van der Waals surface area (Å²) in [6.45, 7) is 5.36. The second kappa shape index (κ2) is 6.43. The van der Waals surface area contributed by atoms with Gasteiger partial charge in [-0.25, -0.2) is 0 Å². The Labute approximate surface area is 125 Å². The van der Waals surface area contributed by atoms with Gasteiger partial charge in [0.15, 0.2) is 5.78 Å². The Hall–Kier alpha value is -1.62. The van der Waals surface area contributed by atoms with Gasteiger partial charge in [-0.2, -0.15) is 0 Å². The van der Waals surface area contributed by atoms with Crippen molar-refractivity contribution >= 4 is 11.7 Å². The molecule has 21 heavy (non-hydrogen) atoms. The number of amides is 1. The highest BCUT2D eigenvalue weighted by Gasteiger charge is 2.33. The largest absolute Gasteiger partial charge is 0.396 e. The summed E-state index contributed by atoms with van der Waals surface area (Å²) in [5, 5.41) is 12.1. The molecule has 0 spiro atoms. The van der Waals surface area contributed by atoms with Crippen molar-refractivity contribution in [1.82, 2.24) is 10.3 Å². The van der Waals surface area contributed by atoms with Crippen molar-refractivity contribution in [2.45, 2.75) is 52.5 Å². The third-order valence-corrected chi connectivity index (χ3v) is 4.17. The summed E-state index contributed by atoms with van der Waals surface area (Å²) >= 11 is 0. The molecule has 2 rings (SSSR count). The van der Waals surface area contributed by atoms with Crippen LogP contribution in [0.5, 0.6) is 0 Å². The lowest BCUT2D eigenvalue weighted by atomic mass is 10.0. The van der Waals surface area contributed by atoms with Crippen molar-refractivity contribution in [2.75, 3.05) is 6.61 Å². The number of ketones is 1. The van der Waals surface area contributed by atoms with Crippen LogP contribution in [0.1, 0.15) is 65.2 Å². The van der Waals surface area contributed by atoms with Gasteiger partial charge in [-0.1, -0.05) is 6.92 Å². The number of aliphatic hydroxyl groups excluding tert-OH is 1. The van der Waals surface area contributed by atoms with Crippen molar-refractivity contribution in [1.29, 1.82) is 0 Å². The molecule has 1 aromatic heterocycles. The SMILES string of the molecule is CCc1c(C(=O)NC(CCO)C2CC2)[nH]c(C)c1C(C)=O. The number of hydrogen-bond donors (Lipinski definition) is 3. The molecule has 1 atom stereocenters. The molecule has 1 fully saturated rings. The van der Waals surface area contributed by atoms with E-state index in [-0.39, 0.29) is 24.3 Å². The van der Waals surface area contributed by atoms with Crippen molar-refractivity contribution in [3.63, 3.8) is 0 Å². The molecule has 1 unspecified atom stereocenters. The molecule has 1 aromatic rings. The van der Waals surface area contributed by atoms with E-state index in [1.165, 1.54) is 6.92 Å². The molecule has 0 radical (unpaired) electrons. The molecule has 5 nitrogen and oxygen atoms in total. The van der Waals surface area contributed by atoms with Crippen molar-refractivity contribution < 1.29 is 14.7 Å². The van der Waals surface area contributed by atoms with Gasteiger partial charge in [-0.3, -0.25) is 9.59 Å². The quantitative estimate of drug-likeness (QED) is 0.672. The van der Waals surface area contributed by atoms with E-state index in [0.717, 1.165) is 24.1 Å². The molecule has 0 aromatic carbocycles. The number of carbonyl (C=O) groups is 2. The van der Waals surface area contributed by atoms with Gasteiger partial charge in [-0.05, 0) is 51.0 Å². The molecule has 0 saturated heterocycles. The molecule has 3 N–H and O–H groups in total. The van der Waals surface area contributed by atoms with Crippen LogP contribution in [0.4, 0.5) is 0 Å². The molecule has 1 aliphatic carbocycles. The molecule has 116 valence electrons. The van der Waals surface area contributed by atoms with E-state index >= 15 is 0 Å². The lowest BCUT2D eigenvalue weighted by Crippen LogP contribution is -2.37. The number of rotatable bonds is 7. The average Bonchev–Trinajstić information content (AvgIpc) is 3.20. The van der Waals surface area contributed by atoms with Gasteiger partial charge in [0.1, 0.15) is 5.69 Å². The monoisotopic (exact) mass is 292 g/mol. The maximum atomic E-state index is 12.5. The highest BCUT2D eigenvalue weighted by molar-refractivity contribution is 6.02. The lowest BCUT2D eigenvalue weighted by Gasteiger charge is -2.17. The molecule has 0 aliphatic heterocycles. The Morgan fingerprint density at radius 1 is 1.43 bits per heavy atom. The van der Waals surface area contributed by atoms with E-state index in [0.29, 0.717) is 30.0 Å². The van der Waals surface area contributed by atoms with Gasteiger partial charge in [-0.15, -0.1) is 0 Å². The predicted molar refractivity (Wildman–Crippen MR) is 80.6 cm³/mol. The summed E-state index contributed by atoms with van der Waals surface area (Å²) in [7, 11) is 0. The summed E-state index contributed by atoms with van der Waals surface area (Å²) in [6, 6.07) is 0.0246. The average molecular weight is 292 g/mol. The van der Waals surface area contributed by atoms with Gasteiger partial charge >= 0.3 is 0 Å². The van der Waals surface area contributed by atoms with Gasteiger partial charge in [0.25, 0.3) is 5.91 Å². The number of Topliss-reactive ketones (excluding diaryl/α,β-unsaturated/α-hetero) is 1. The van der Waals surface area contributed by atoms with E-state index in [2.05, 4.69) is 10.3 Å². The van der Waals surface area contributed by atoms with E-state index in [1.54, 1.807) is 0 Å². The summed E-state index contributed by atoms with van der Waals surface area (Å²) in [5.74, 6) is 0.288. The smallest absolute Gasteiger partial charge is 0.268 e. The zero-order valence-corrected chi connectivity index (χ0v) is 13.0. The van der Waals surface area contributed by atoms with Crippen molar-refractivity contribution in [3.8, 4) is 0 Å². The first-order valence-corrected chi connectivity index (χ1v) is 7.63. The van der Waals surface area contributed by atoms with Crippen molar-refractivity contribution in [3.05, 3.63) is 22.5 Å². The number of H-pyrrole nitrogens is 1. The normalized spacial score (nSPS) is 15.8. The first-order valence-electron chi connectivity index (χ1n) is 7.63. The molecule has 1 saturated carbocycles. The van der Waals surface area contributed by atoms with Gasteiger partial charge < -0.3 is 15.4 Å². The predicted octanol–water partition coefficient (Wildman–Crippen LogP) is 1.98. The Balaban J connectivity index is 2.22. The number of aliphatic hydroxyl groups is 1. The summed E-state index contributed by atoms with van der Waals surface area (Å²) in [4.78, 5) is 27.3. The molecule has 1 amide bonds. The highest BCUT2D eigenvalue weighted by Crippen LogP contribution is 2.34. The van der Waals surface area contributed by atoms with E-state index < -0.39 is 0 Å². The third-order valence-electron chi connectivity index (χ3n) is 4.17. The summed E-state index contributed by atoms with van der Waals surface area (Å²) in [6.07, 6.45) is 3.43. The van der Waals surface area contributed by atoms with Crippen LogP contribution in [0, 0.1) is 12.8 Å². The van der Waals surface area contributed by atoms with Gasteiger partial charge in [0.2, 0.25) is 0 Å². The van der Waals surface area contributed by atoms with Gasteiger partial charge in [0, 0.05) is 23.9 Å². The maximum absolute atomic E-state index is 12.5. The standard InChI is InChI=1S/C16H24N2O3/c1-4-12-14(10(3)20)9(2)17-15(12)16(21)18-13(7-8-19)11-5-6-11/h11,13,17,19H,4-8H2,1-3H3,(H,18,21). The number of aryl methyl sites for hydroxylation is 1. The van der Waals surface area contributed by atoms with Crippen molar-refractivity contribution in [2.24, 2.45) is 5.92 Å². The maximum Gasteiger partial charge on any atom is 0.268 e. The minimum atomic E-state index is -0.173. The van der Waals surface area contributed by atoms with Crippen LogP contribution in [0.3, 0.4) is 0 Å². The van der Waals surface area contributed by atoms with Crippen LogP contribution < -0.4 is 5.32 Å². The van der Waals surface area contributed by atoms with E-state index in [9.17, 15) is 9.59 Å². The lowest BCUT2D eigenvalue weighted by molar-refractivity contribution is 0.0918. The minimum absolute atomic E-state index is 0.0197. The zero-order chi connectivity index (χ0) is 15.6. The number of carbonyl (C=O) groups excluding carboxylic acids is 2. The summed E-state index contributed by atoms with van der Waals surface area (Å²) in [5.41, 5.74) is 2.65. The second-order valence-corrected chi connectivity index (χ2v) is 5.82. The van der Waals surface area contributed by atoms with Gasteiger partial charge in [0.05, 0.1) is 0 Å². The second-order valence-electron chi connectivity index (χ2n) is 5.82. The van der Waals surface area contributed by atoms with Crippen LogP contribution in [-0.2, 0) is 6.42 Å². The summed E-state index contributed by atoms with van der Waals surface area (Å²) < 4.78 is 0. The zero-order valence-electron chi connectivity index (χ0n) is 13.0. The molecule has 1 aliphatic rings. The fourth-order valence-electron chi connectivity index (χ4n) is 3.00. The van der Waals surface area contributed by atoms with Crippen LogP contribution >= 0.6 is 0 Å². The van der Waals surface area contributed by atoms with E-state index in [4.69, 9.17) is 5.11 Å². The molecule has 0 bridgehead atoms. The number of aromatic amines is 1. The molecular weight excluding hydrogens is 268 g/mol. The fourth-order valence-corrected chi connectivity index (χ4v) is 3.00. The Bertz CT molecular complexity index is 544. The molecular formula is C16H24N2O3.